The van der Waals surface area contributed by atoms with E-state index >= 15 is 0 Å². The van der Waals surface area contributed by atoms with Crippen LogP contribution in [0.3, 0.4) is 0 Å². The first-order chi connectivity index (χ1) is 12.1. The second kappa shape index (κ2) is 6.21. The van der Waals surface area contributed by atoms with Crippen molar-refractivity contribution in [2.75, 3.05) is 31.6 Å². The third-order valence-electron chi connectivity index (χ3n) is 4.31. The lowest BCUT2D eigenvalue weighted by Gasteiger charge is -2.30. The quantitative estimate of drug-likeness (QED) is 0.679. The topological polar surface area (TPSA) is 81.9 Å². The third-order valence-corrected chi connectivity index (χ3v) is 4.31. The van der Waals surface area contributed by atoms with Crippen LogP contribution in [0.4, 0.5) is 10.1 Å². The van der Waals surface area contributed by atoms with Gasteiger partial charge in [0.05, 0.1) is 42.0 Å². The molecule has 4 rings (SSSR count). The standard InChI is InChI=1S/C17H19FN6O/c1-10-7-13-14(8-12(10)18)22-17(21-13)16-15(9-19-23-16)20-11(2)24-3-5-25-6-4-24/h7-9,20H,2-6H2,1H3,(H,19,23)(H,21,22). The minimum atomic E-state index is -0.269. The summed E-state index contributed by atoms with van der Waals surface area (Å²) in [5.41, 5.74) is 3.38. The van der Waals surface area contributed by atoms with Crippen molar-refractivity contribution in [3.8, 4) is 11.5 Å². The Bertz CT molecular complexity index is 886. The van der Waals surface area contributed by atoms with Gasteiger partial charge in [-0.05, 0) is 18.6 Å². The van der Waals surface area contributed by atoms with Crippen LogP contribution in [0.15, 0.2) is 30.7 Å². The molecule has 0 atom stereocenters. The maximum absolute atomic E-state index is 13.7. The summed E-state index contributed by atoms with van der Waals surface area (Å²) in [4.78, 5) is 9.80. The number of anilines is 1. The summed E-state index contributed by atoms with van der Waals surface area (Å²) >= 11 is 0. The smallest absolute Gasteiger partial charge is 0.158 e. The summed E-state index contributed by atoms with van der Waals surface area (Å²) in [7, 11) is 0. The number of fused-ring (bicyclic) bond motifs is 1. The first kappa shape index (κ1) is 15.6. The number of aromatic nitrogens is 4. The molecule has 1 aromatic carbocycles. The molecule has 3 N–H and O–H groups in total. The van der Waals surface area contributed by atoms with Crippen LogP contribution in [0.5, 0.6) is 0 Å². The molecule has 2 aromatic heterocycles. The van der Waals surface area contributed by atoms with E-state index in [-0.39, 0.29) is 5.82 Å². The Balaban J connectivity index is 1.61. The monoisotopic (exact) mass is 342 g/mol. The van der Waals surface area contributed by atoms with E-state index in [1.165, 1.54) is 6.07 Å². The first-order valence-corrected chi connectivity index (χ1v) is 8.10. The summed E-state index contributed by atoms with van der Waals surface area (Å²) < 4.78 is 19.1. The fraction of sp³-hybridized carbons (Fsp3) is 0.294. The number of halogens is 1. The van der Waals surface area contributed by atoms with Crippen molar-refractivity contribution in [3.05, 3.63) is 42.1 Å². The molecule has 1 aliphatic rings. The largest absolute Gasteiger partial charge is 0.378 e. The van der Waals surface area contributed by atoms with Gasteiger partial charge in [0.25, 0.3) is 0 Å². The van der Waals surface area contributed by atoms with Gasteiger partial charge in [0.2, 0.25) is 0 Å². The minimum Gasteiger partial charge on any atom is -0.378 e. The SMILES string of the molecule is C=C(Nc1cn[nH]c1-c1nc2cc(F)c(C)cc2[nH]1)N1CCOCC1. The Morgan fingerprint density at radius 1 is 1.36 bits per heavy atom. The third kappa shape index (κ3) is 2.96. The molecule has 0 radical (unpaired) electrons. The molecule has 7 nitrogen and oxygen atoms in total. The molecule has 0 bridgehead atoms. The van der Waals surface area contributed by atoms with Crippen molar-refractivity contribution in [2.24, 2.45) is 0 Å². The molecule has 1 saturated heterocycles. The Morgan fingerprint density at radius 3 is 2.96 bits per heavy atom. The van der Waals surface area contributed by atoms with E-state index in [0.717, 1.165) is 30.1 Å². The van der Waals surface area contributed by atoms with Gasteiger partial charge >= 0.3 is 0 Å². The lowest BCUT2D eigenvalue weighted by atomic mass is 10.2. The number of H-pyrrole nitrogens is 2. The van der Waals surface area contributed by atoms with E-state index in [0.29, 0.717) is 35.8 Å². The fourth-order valence-electron chi connectivity index (χ4n) is 2.89. The number of hydrogen-bond acceptors (Lipinski definition) is 5. The lowest BCUT2D eigenvalue weighted by molar-refractivity contribution is 0.0545. The van der Waals surface area contributed by atoms with E-state index in [1.54, 1.807) is 19.2 Å². The zero-order valence-corrected chi connectivity index (χ0v) is 13.9. The van der Waals surface area contributed by atoms with Crippen LogP contribution < -0.4 is 5.32 Å². The zero-order chi connectivity index (χ0) is 17.4. The number of nitrogens with zero attached hydrogens (tertiary/aromatic N) is 3. The highest BCUT2D eigenvalue weighted by Crippen LogP contribution is 2.27. The van der Waals surface area contributed by atoms with Crippen LogP contribution in [-0.4, -0.2) is 51.4 Å². The zero-order valence-electron chi connectivity index (χ0n) is 13.9. The van der Waals surface area contributed by atoms with E-state index in [1.807, 2.05) is 0 Å². The van der Waals surface area contributed by atoms with E-state index in [2.05, 4.69) is 37.0 Å². The van der Waals surface area contributed by atoms with Crippen molar-refractivity contribution >= 4 is 16.7 Å². The number of benzene rings is 1. The normalized spacial score (nSPS) is 14.9. The van der Waals surface area contributed by atoms with Gasteiger partial charge in [-0.3, -0.25) is 5.10 Å². The molecule has 0 saturated carbocycles. The van der Waals surface area contributed by atoms with Gasteiger partial charge in [-0.25, -0.2) is 9.37 Å². The average molecular weight is 342 g/mol. The molecule has 1 fully saturated rings. The molecule has 1 aliphatic heterocycles. The number of imidazole rings is 1. The maximum atomic E-state index is 13.7. The second-order valence-corrected chi connectivity index (χ2v) is 6.03. The van der Waals surface area contributed by atoms with E-state index in [4.69, 9.17) is 4.74 Å². The number of ether oxygens (including phenoxy) is 1. The van der Waals surface area contributed by atoms with Crippen LogP contribution in [0, 0.1) is 12.7 Å². The van der Waals surface area contributed by atoms with Crippen molar-refractivity contribution in [1.29, 1.82) is 0 Å². The number of morpholine rings is 1. The van der Waals surface area contributed by atoms with Crippen LogP contribution in [0.2, 0.25) is 0 Å². The van der Waals surface area contributed by atoms with Gasteiger partial charge in [-0.2, -0.15) is 5.10 Å². The van der Waals surface area contributed by atoms with Crippen molar-refractivity contribution in [3.63, 3.8) is 0 Å². The second-order valence-electron chi connectivity index (χ2n) is 6.03. The number of aryl methyl sites for hydroxylation is 1. The summed E-state index contributed by atoms with van der Waals surface area (Å²) in [5.74, 6) is 1.10. The highest BCUT2D eigenvalue weighted by molar-refractivity contribution is 5.82. The molecule has 3 heterocycles. The highest BCUT2D eigenvalue weighted by atomic mass is 19.1. The highest BCUT2D eigenvalue weighted by Gasteiger charge is 2.17. The van der Waals surface area contributed by atoms with E-state index in [9.17, 15) is 4.39 Å². The minimum absolute atomic E-state index is 0.269. The van der Waals surface area contributed by atoms with Crippen LogP contribution in [0.25, 0.3) is 22.6 Å². The Labute approximate surface area is 143 Å². The number of aromatic amines is 2. The van der Waals surface area contributed by atoms with Crippen molar-refractivity contribution in [1.82, 2.24) is 25.1 Å². The fourth-order valence-corrected chi connectivity index (χ4v) is 2.89. The van der Waals surface area contributed by atoms with Crippen LogP contribution >= 0.6 is 0 Å². The Kier molecular flexibility index (Phi) is 3.89. The summed E-state index contributed by atoms with van der Waals surface area (Å²) in [6, 6.07) is 3.18. The summed E-state index contributed by atoms with van der Waals surface area (Å²) in [6.45, 7) is 8.78. The average Bonchev–Trinajstić information content (AvgIpc) is 3.22. The van der Waals surface area contributed by atoms with Crippen molar-refractivity contribution in [2.45, 2.75) is 6.92 Å². The van der Waals surface area contributed by atoms with Crippen LogP contribution in [0.1, 0.15) is 5.56 Å². The Hall–Kier alpha value is -2.87. The molecule has 0 aliphatic carbocycles. The van der Waals surface area contributed by atoms with Gasteiger partial charge in [0, 0.05) is 19.2 Å². The number of hydrogen-bond donors (Lipinski definition) is 3. The predicted octanol–water partition coefficient (Wildman–Crippen LogP) is 2.62. The summed E-state index contributed by atoms with van der Waals surface area (Å²) in [5, 5.41) is 10.3. The molecular formula is C17H19FN6O. The van der Waals surface area contributed by atoms with Gasteiger partial charge in [-0.1, -0.05) is 6.58 Å². The number of rotatable bonds is 4. The Morgan fingerprint density at radius 2 is 2.16 bits per heavy atom. The lowest BCUT2D eigenvalue weighted by Crippen LogP contribution is -2.37. The summed E-state index contributed by atoms with van der Waals surface area (Å²) in [6.07, 6.45) is 1.68. The molecule has 0 spiro atoms. The molecule has 0 amide bonds. The van der Waals surface area contributed by atoms with Gasteiger partial charge in [0.15, 0.2) is 5.82 Å². The molecule has 130 valence electrons. The molecule has 3 aromatic rings. The predicted molar refractivity (Wildman–Crippen MR) is 93.5 cm³/mol. The van der Waals surface area contributed by atoms with Gasteiger partial charge in [0.1, 0.15) is 11.5 Å². The van der Waals surface area contributed by atoms with Crippen molar-refractivity contribution < 1.29 is 9.13 Å². The van der Waals surface area contributed by atoms with Crippen LogP contribution in [-0.2, 0) is 4.74 Å². The molecule has 8 heteroatoms. The first-order valence-electron chi connectivity index (χ1n) is 8.10. The molecular weight excluding hydrogens is 323 g/mol. The van der Waals surface area contributed by atoms with Gasteiger partial charge < -0.3 is 19.9 Å². The molecule has 25 heavy (non-hydrogen) atoms. The number of nitrogens with one attached hydrogen (secondary N) is 3. The molecule has 0 unspecified atom stereocenters. The van der Waals surface area contributed by atoms with E-state index < -0.39 is 0 Å². The maximum Gasteiger partial charge on any atom is 0.158 e. The van der Waals surface area contributed by atoms with Gasteiger partial charge in [-0.15, -0.1) is 0 Å².